The fraction of sp³-hybridized carbons (Fsp3) is 0.714. The van der Waals surface area contributed by atoms with Gasteiger partial charge in [0, 0.05) is 31.7 Å². The third-order valence-corrected chi connectivity index (χ3v) is 3.27. The van der Waals surface area contributed by atoms with Crippen LogP contribution in [-0.4, -0.2) is 42.3 Å². The van der Waals surface area contributed by atoms with Gasteiger partial charge in [0.1, 0.15) is 0 Å². The summed E-state index contributed by atoms with van der Waals surface area (Å²) in [5.74, 6) is -0.559. The number of nitrogens with zero attached hydrogens (tertiary/aromatic N) is 1. The lowest BCUT2D eigenvalue weighted by atomic mass is 10.1. The first-order chi connectivity index (χ1) is 9.30. The molecule has 1 unspecified atom stereocenters. The van der Waals surface area contributed by atoms with Crippen LogP contribution in [0, 0.1) is 0 Å². The van der Waals surface area contributed by atoms with Crippen LogP contribution in [0.25, 0.3) is 0 Å². The Balaban J connectivity index is 2.43. The van der Waals surface area contributed by atoms with Crippen LogP contribution in [0.15, 0.2) is 11.6 Å². The molecule has 0 saturated carbocycles. The average Bonchev–Trinajstić information content (AvgIpc) is 2.64. The second-order valence-corrected chi connectivity index (χ2v) is 5.37. The smallest absolute Gasteiger partial charge is 0.256 e. The third-order valence-electron chi connectivity index (χ3n) is 3.27. The Hall–Kier alpha value is -1.24. The fourth-order valence-electron chi connectivity index (χ4n) is 1.53. The van der Waals surface area contributed by atoms with Crippen molar-refractivity contribution in [3.63, 3.8) is 0 Å². The first-order valence-electron chi connectivity index (χ1n) is 6.72. The van der Waals surface area contributed by atoms with Gasteiger partial charge in [0.2, 0.25) is 0 Å². The maximum atomic E-state index is 11.7. The lowest BCUT2D eigenvalue weighted by Gasteiger charge is -2.25. The average molecular weight is 285 g/mol. The summed E-state index contributed by atoms with van der Waals surface area (Å²) in [6, 6.07) is 0. The molecule has 0 N–H and O–H groups in total. The van der Waals surface area contributed by atoms with E-state index in [1.165, 1.54) is 18.1 Å². The van der Waals surface area contributed by atoms with Crippen LogP contribution in [0.1, 0.15) is 40.5 Å². The van der Waals surface area contributed by atoms with Crippen molar-refractivity contribution < 1.29 is 24.1 Å². The number of carbonyl (C=O) groups is 2. The first-order valence-corrected chi connectivity index (χ1v) is 6.72. The number of methoxy groups -OCH3 is 1. The van der Waals surface area contributed by atoms with Crippen molar-refractivity contribution in [2.75, 3.05) is 13.7 Å². The maximum absolute atomic E-state index is 11.7. The molecular formula is C14H23NO5. The Morgan fingerprint density at radius 3 is 2.45 bits per heavy atom. The van der Waals surface area contributed by atoms with Crippen LogP contribution < -0.4 is 0 Å². The van der Waals surface area contributed by atoms with E-state index >= 15 is 0 Å². The zero-order valence-electron chi connectivity index (χ0n) is 12.8. The molecular weight excluding hydrogens is 262 g/mol. The lowest BCUT2D eigenvalue weighted by molar-refractivity contribution is -0.417. The molecule has 0 aliphatic carbocycles. The summed E-state index contributed by atoms with van der Waals surface area (Å²) in [4.78, 5) is 35.0. The zero-order valence-corrected chi connectivity index (χ0v) is 12.8. The Bertz CT molecular complexity index is 402. The number of imide groups is 1. The highest BCUT2D eigenvalue weighted by Gasteiger charge is 2.29. The van der Waals surface area contributed by atoms with Crippen molar-refractivity contribution in [2.24, 2.45) is 0 Å². The van der Waals surface area contributed by atoms with Crippen LogP contribution in [0.3, 0.4) is 0 Å². The summed E-state index contributed by atoms with van der Waals surface area (Å²) in [5.41, 5.74) is 0.0436. The molecule has 0 aromatic rings. The van der Waals surface area contributed by atoms with E-state index in [4.69, 9.17) is 14.5 Å². The van der Waals surface area contributed by atoms with E-state index in [-0.39, 0.29) is 18.4 Å². The number of carbonyl (C=O) groups excluding carboxylic acids is 2. The molecule has 0 aromatic carbocycles. The molecule has 20 heavy (non-hydrogen) atoms. The fourth-order valence-corrected chi connectivity index (χ4v) is 1.53. The molecule has 1 atom stereocenters. The maximum Gasteiger partial charge on any atom is 0.256 e. The number of ether oxygens (including phenoxy) is 1. The van der Waals surface area contributed by atoms with Crippen LogP contribution in [0.2, 0.25) is 0 Å². The van der Waals surface area contributed by atoms with Crippen molar-refractivity contribution >= 4 is 11.8 Å². The van der Waals surface area contributed by atoms with Gasteiger partial charge in [0.15, 0.2) is 6.29 Å². The number of amides is 2. The van der Waals surface area contributed by atoms with E-state index in [0.29, 0.717) is 12.0 Å². The molecule has 0 radical (unpaired) electrons. The highest BCUT2D eigenvalue weighted by molar-refractivity contribution is 6.15. The van der Waals surface area contributed by atoms with E-state index in [9.17, 15) is 9.59 Å². The Kier molecular flexibility index (Phi) is 5.86. The van der Waals surface area contributed by atoms with Gasteiger partial charge in [-0.2, -0.15) is 0 Å². The SMILES string of the molecule is CCC(C)(C)OOC(CCN1C(=O)C=C(C)C1=O)OC. The van der Waals surface area contributed by atoms with Gasteiger partial charge in [-0.05, 0) is 27.2 Å². The molecule has 1 aliphatic rings. The molecule has 1 heterocycles. The van der Waals surface area contributed by atoms with Crippen LogP contribution in [0.4, 0.5) is 0 Å². The molecule has 2 amide bonds. The summed E-state index contributed by atoms with van der Waals surface area (Å²) in [6.07, 6.45) is 1.86. The summed E-state index contributed by atoms with van der Waals surface area (Å²) in [7, 11) is 1.49. The minimum Gasteiger partial charge on any atom is -0.353 e. The molecule has 1 rings (SSSR count). The summed E-state index contributed by atoms with van der Waals surface area (Å²) in [5, 5.41) is 0. The predicted octanol–water partition coefficient (Wildman–Crippen LogP) is 1.80. The van der Waals surface area contributed by atoms with Gasteiger partial charge in [0.05, 0.1) is 5.60 Å². The van der Waals surface area contributed by atoms with Crippen molar-refractivity contribution in [1.82, 2.24) is 4.90 Å². The highest BCUT2D eigenvalue weighted by atomic mass is 17.2. The van der Waals surface area contributed by atoms with Gasteiger partial charge < -0.3 is 4.74 Å². The highest BCUT2D eigenvalue weighted by Crippen LogP contribution is 2.17. The Labute approximate surface area is 119 Å². The minimum absolute atomic E-state index is 0.236. The van der Waals surface area contributed by atoms with E-state index in [2.05, 4.69) is 0 Å². The van der Waals surface area contributed by atoms with Crippen LogP contribution in [-0.2, 0) is 24.1 Å². The quantitative estimate of drug-likeness (QED) is 0.294. The second kappa shape index (κ2) is 6.97. The minimum atomic E-state index is -0.623. The second-order valence-electron chi connectivity index (χ2n) is 5.37. The van der Waals surface area contributed by atoms with Gasteiger partial charge in [-0.25, -0.2) is 9.78 Å². The summed E-state index contributed by atoms with van der Waals surface area (Å²) >= 11 is 0. The van der Waals surface area contributed by atoms with E-state index in [1.54, 1.807) is 6.92 Å². The van der Waals surface area contributed by atoms with E-state index in [1.807, 2.05) is 20.8 Å². The van der Waals surface area contributed by atoms with Gasteiger partial charge in [0.25, 0.3) is 11.8 Å². The molecule has 0 aromatic heterocycles. The monoisotopic (exact) mass is 285 g/mol. The van der Waals surface area contributed by atoms with Gasteiger partial charge in [-0.1, -0.05) is 6.92 Å². The van der Waals surface area contributed by atoms with E-state index < -0.39 is 11.9 Å². The standard InChI is InChI=1S/C14H23NO5/c1-6-14(3,4)20-19-12(18-5)7-8-15-11(16)9-10(2)13(15)17/h9,12H,6-8H2,1-5H3. The number of rotatable bonds is 8. The lowest BCUT2D eigenvalue weighted by Crippen LogP contribution is -2.35. The van der Waals surface area contributed by atoms with Crippen molar-refractivity contribution in [3.8, 4) is 0 Å². The topological polar surface area (TPSA) is 65.1 Å². The van der Waals surface area contributed by atoms with Crippen molar-refractivity contribution in [2.45, 2.75) is 52.4 Å². The zero-order chi connectivity index (χ0) is 15.3. The third kappa shape index (κ3) is 4.40. The molecule has 6 heteroatoms. The van der Waals surface area contributed by atoms with Gasteiger partial charge >= 0.3 is 0 Å². The predicted molar refractivity (Wildman–Crippen MR) is 72.4 cm³/mol. The summed E-state index contributed by atoms with van der Waals surface area (Å²) in [6.45, 7) is 7.65. The van der Waals surface area contributed by atoms with Crippen molar-refractivity contribution in [1.29, 1.82) is 0 Å². The van der Waals surface area contributed by atoms with Gasteiger partial charge in [-0.3, -0.25) is 14.5 Å². The van der Waals surface area contributed by atoms with Crippen LogP contribution in [0.5, 0.6) is 0 Å². The molecule has 114 valence electrons. The normalized spacial score (nSPS) is 17.6. The Morgan fingerprint density at radius 2 is 2.00 bits per heavy atom. The molecule has 0 spiro atoms. The summed E-state index contributed by atoms with van der Waals surface area (Å²) < 4.78 is 5.13. The molecule has 0 saturated heterocycles. The first kappa shape index (κ1) is 16.8. The van der Waals surface area contributed by atoms with Crippen LogP contribution >= 0.6 is 0 Å². The molecule has 6 nitrogen and oxygen atoms in total. The van der Waals surface area contributed by atoms with Gasteiger partial charge in [-0.15, -0.1) is 0 Å². The molecule has 0 bridgehead atoms. The van der Waals surface area contributed by atoms with Crippen molar-refractivity contribution in [3.05, 3.63) is 11.6 Å². The largest absolute Gasteiger partial charge is 0.353 e. The van der Waals surface area contributed by atoms with E-state index in [0.717, 1.165) is 6.42 Å². The number of hydrogen-bond acceptors (Lipinski definition) is 5. The Morgan fingerprint density at radius 1 is 1.35 bits per heavy atom. The molecule has 0 fully saturated rings. The molecule has 1 aliphatic heterocycles. The number of hydrogen-bond donors (Lipinski definition) is 0.